The number of Topliss-reactive ketones (excluding diaryl/α,β-unsaturated/α-hetero) is 1. The standard InChI is InChI=1S/C16H14BrFO/c1-10-3-4-11(2)12(5-10)8-16(19)13-6-14(17)9-15(18)7-13/h3-7,9H,8H2,1-2H3. The molecule has 2 aromatic carbocycles. The molecule has 0 unspecified atom stereocenters. The quantitative estimate of drug-likeness (QED) is 0.753. The first kappa shape index (κ1) is 13.9. The number of benzene rings is 2. The van der Waals surface area contributed by atoms with Crippen molar-refractivity contribution in [3.8, 4) is 0 Å². The summed E-state index contributed by atoms with van der Waals surface area (Å²) in [4.78, 5) is 12.2. The molecular formula is C16H14BrFO. The minimum Gasteiger partial charge on any atom is -0.294 e. The van der Waals surface area contributed by atoms with Gasteiger partial charge in [-0.05, 0) is 43.2 Å². The maximum absolute atomic E-state index is 13.3. The van der Waals surface area contributed by atoms with Gasteiger partial charge in [0.15, 0.2) is 5.78 Å². The first-order chi connectivity index (χ1) is 8.95. The Labute approximate surface area is 120 Å². The number of halogens is 2. The molecule has 0 N–H and O–H groups in total. The van der Waals surface area contributed by atoms with Gasteiger partial charge in [0.25, 0.3) is 0 Å². The fourth-order valence-electron chi connectivity index (χ4n) is 1.98. The van der Waals surface area contributed by atoms with Crippen LogP contribution in [0.15, 0.2) is 40.9 Å². The summed E-state index contributed by atoms with van der Waals surface area (Å²) in [5, 5.41) is 0. The second-order valence-corrected chi connectivity index (χ2v) is 5.60. The van der Waals surface area contributed by atoms with Crippen molar-refractivity contribution in [1.82, 2.24) is 0 Å². The van der Waals surface area contributed by atoms with Crippen LogP contribution >= 0.6 is 15.9 Å². The lowest BCUT2D eigenvalue weighted by Crippen LogP contribution is -2.05. The molecule has 0 saturated carbocycles. The molecule has 0 fully saturated rings. The lowest BCUT2D eigenvalue weighted by molar-refractivity contribution is 0.0992. The molecule has 0 bridgehead atoms. The first-order valence-corrected chi connectivity index (χ1v) is 6.80. The van der Waals surface area contributed by atoms with Gasteiger partial charge in [0.05, 0.1) is 0 Å². The van der Waals surface area contributed by atoms with Crippen LogP contribution in [0.25, 0.3) is 0 Å². The van der Waals surface area contributed by atoms with Gasteiger partial charge in [-0.15, -0.1) is 0 Å². The summed E-state index contributed by atoms with van der Waals surface area (Å²) in [6, 6.07) is 10.3. The van der Waals surface area contributed by atoms with Crippen LogP contribution in [0.1, 0.15) is 27.0 Å². The summed E-state index contributed by atoms with van der Waals surface area (Å²) >= 11 is 3.20. The number of ketones is 1. The van der Waals surface area contributed by atoms with Gasteiger partial charge >= 0.3 is 0 Å². The number of hydrogen-bond acceptors (Lipinski definition) is 1. The molecule has 0 amide bonds. The predicted octanol–water partition coefficient (Wildman–Crippen LogP) is 4.63. The monoisotopic (exact) mass is 320 g/mol. The zero-order valence-electron chi connectivity index (χ0n) is 10.8. The second-order valence-electron chi connectivity index (χ2n) is 4.69. The van der Waals surface area contributed by atoms with E-state index in [1.165, 1.54) is 12.1 Å². The average Bonchev–Trinajstić information content (AvgIpc) is 2.32. The van der Waals surface area contributed by atoms with E-state index in [-0.39, 0.29) is 5.78 Å². The molecule has 0 aromatic heterocycles. The van der Waals surface area contributed by atoms with Gasteiger partial charge in [-0.25, -0.2) is 4.39 Å². The zero-order valence-corrected chi connectivity index (χ0v) is 12.4. The zero-order chi connectivity index (χ0) is 14.0. The number of rotatable bonds is 3. The van der Waals surface area contributed by atoms with Crippen LogP contribution in [0, 0.1) is 19.7 Å². The Morgan fingerprint density at radius 1 is 1.16 bits per heavy atom. The third kappa shape index (κ3) is 3.51. The number of hydrogen-bond donors (Lipinski definition) is 0. The van der Waals surface area contributed by atoms with Gasteiger partial charge < -0.3 is 0 Å². The molecule has 0 aliphatic carbocycles. The molecule has 0 aliphatic rings. The van der Waals surface area contributed by atoms with Crippen LogP contribution in [0.4, 0.5) is 4.39 Å². The maximum Gasteiger partial charge on any atom is 0.167 e. The number of aryl methyl sites for hydroxylation is 2. The first-order valence-electron chi connectivity index (χ1n) is 6.01. The SMILES string of the molecule is Cc1ccc(C)c(CC(=O)c2cc(F)cc(Br)c2)c1. The van der Waals surface area contributed by atoms with Crippen molar-refractivity contribution in [2.24, 2.45) is 0 Å². The Kier molecular flexibility index (Phi) is 4.15. The average molecular weight is 321 g/mol. The highest BCUT2D eigenvalue weighted by atomic mass is 79.9. The van der Waals surface area contributed by atoms with Crippen LogP contribution < -0.4 is 0 Å². The van der Waals surface area contributed by atoms with E-state index in [0.29, 0.717) is 16.5 Å². The molecule has 0 saturated heterocycles. The van der Waals surface area contributed by atoms with Gasteiger partial charge in [0.2, 0.25) is 0 Å². The minimum atomic E-state index is -0.404. The Balaban J connectivity index is 2.28. The Morgan fingerprint density at radius 3 is 2.58 bits per heavy atom. The fraction of sp³-hybridized carbons (Fsp3) is 0.188. The summed E-state index contributed by atoms with van der Waals surface area (Å²) in [6.07, 6.45) is 0.295. The van der Waals surface area contributed by atoms with Crippen LogP contribution in [-0.2, 0) is 6.42 Å². The molecular weight excluding hydrogens is 307 g/mol. The number of carbonyl (C=O) groups excluding carboxylic acids is 1. The van der Waals surface area contributed by atoms with Crippen molar-refractivity contribution in [3.63, 3.8) is 0 Å². The molecule has 3 heteroatoms. The van der Waals surface area contributed by atoms with Crippen molar-refractivity contribution < 1.29 is 9.18 Å². The molecule has 2 rings (SSSR count). The summed E-state index contributed by atoms with van der Waals surface area (Å²) in [5.74, 6) is -0.479. The third-order valence-electron chi connectivity index (χ3n) is 3.04. The van der Waals surface area contributed by atoms with Gasteiger partial charge in [-0.1, -0.05) is 39.7 Å². The molecule has 0 atom stereocenters. The summed E-state index contributed by atoms with van der Waals surface area (Å²) < 4.78 is 13.9. The van der Waals surface area contributed by atoms with E-state index in [2.05, 4.69) is 15.9 Å². The molecule has 19 heavy (non-hydrogen) atoms. The summed E-state index contributed by atoms with van der Waals surface area (Å²) in [5.41, 5.74) is 3.58. The Hall–Kier alpha value is -1.48. The highest BCUT2D eigenvalue weighted by Gasteiger charge is 2.11. The highest BCUT2D eigenvalue weighted by molar-refractivity contribution is 9.10. The van der Waals surface area contributed by atoms with E-state index < -0.39 is 5.82 Å². The van der Waals surface area contributed by atoms with Crippen LogP contribution in [0.3, 0.4) is 0 Å². The van der Waals surface area contributed by atoms with Gasteiger partial charge in [-0.3, -0.25) is 4.79 Å². The van der Waals surface area contributed by atoms with Crippen LogP contribution in [-0.4, -0.2) is 5.78 Å². The second kappa shape index (κ2) is 5.66. The minimum absolute atomic E-state index is 0.0751. The van der Waals surface area contributed by atoms with Gasteiger partial charge in [-0.2, -0.15) is 0 Å². The molecule has 0 aliphatic heterocycles. The topological polar surface area (TPSA) is 17.1 Å². The van der Waals surface area contributed by atoms with E-state index in [9.17, 15) is 9.18 Å². The molecule has 1 nitrogen and oxygen atoms in total. The van der Waals surface area contributed by atoms with Crippen molar-refractivity contribution in [2.75, 3.05) is 0 Å². The van der Waals surface area contributed by atoms with E-state index >= 15 is 0 Å². The largest absolute Gasteiger partial charge is 0.294 e. The van der Waals surface area contributed by atoms with Crippen molar-refractivity contribution in [2.45, 2.75) is 20.3 Å². The predicted molar refractivity (Wildman–Crippen MR) is 78.1 cm³/mol. The Morgan fingerprint density at radius 2 is 1.89 bits per heavy atom. The van der Waals surface area contributed by atoms with E-state index in [1.807, 2.05) is 32.0 Å². The van der Waals surface area contributed by atoms with E-state index in [0.717, 1.165) is 16.7 Å². The molecule has 0 radical (unpaired) electrons. The smallest absolute Gasteiger partial charge is 0.167 e. The molecule has 0 spiro atoms. The van der Waals surface area contributed by atoms with Crippen molar-refractivity contribution in [1.29, 1.82) is 0 Å². The highest BCUT2D eigenvalue weighted by Crippen LogP contribution is 2.18. The van der Waals surface area contributed by atoms with Crippen LogP contribution in [0.2, 0.25) is 0 Å². The molecule has 98 valence electrons. The van der Waals surface area contributed by atoms with Crippen molar-refractivity contribution >= 4 is 21.7 Å². The summed E-state index contributed by atoms with van der Waals surface area (Å²) in [6.45, 7) is 3.97. The fourth-order valence-corrected chi connectivity index (χ4v) is 2.45. The summed E-state index contributed by atoms with van der Waals surface area (Å²) in [7, 11) is 0. The lowest BCUT2D eigenvalue weighted by atomic mass is 9.98. The lowest BCUT2D eigenvalue weighted by Gasteiger charge is -2.07. The van der Waals surface area contributed by atoms with Gasteiger partial charge in [0.1, 0.15) is 5.82 Å². The van der Waals surface area contributed by atoms with E-state index in [1.54, 1.807) is 6.07 Å². The number of carbonyl (C=O) groups is 1. The molecule has 0 heterocycles. The van der Waals surface area contributed by atoms with Crippen molar-refractivity contribution in [3.05, 3.63) is 68.9 Å². The molecule has 2 aromatic rings. The van der Waals surface area contributed by atoms with Crippen LogP contribution in [0.5, 0.6) is 0 Å². The van der Waals surface area contributed by atoms with Gasteiger partial charge in [0, 0.05) is 16.5 Å². The van der Waals surface area contributed by atoms with E-state index in [4.69, 9.17) is 0 Å². The normalized spacial score (nSPS) is 10.5. The maximum atomic E-state index is 13.3. The Bertz CT molecular complexity index is 614. The third-order valence-corrected chi connectivity index (χ3v) is 3.50.